The van der Waals surface area contributed by atoms with E-state index < -0.39 is 0 Å². The lowest BCUT2D eigenvalue weighted by atomic mass is 9.94. The number of guanidine groups is 1. The van der Waals surface area contributed by atoms with Gasteiger partial charge in [-0.05, 0) is 38.0 Å². The van der Waals surface area contributed by atoms with Gasteiger partial charge in [-0.2, -0.15) is 11.8 Å². The Labute approximate surface area is 157 Å². The molecule has 0 bridgehead atoms. The summed E-state index contributed by atoms with van der Waals surface area (Å²) in [6, 6.07) is 0. The number of thioether (sulfide) groups is 1. The number of rotatable bonds is 9. The molecule has 1 saturated heterocycles. The van der Waals surface area contributed by atoms with Crippen molar-refractivity contribution in [3.8, 4) is 0 Å². The summed E-state index contributed by atoms with van der Waals surface area (Å²) in [4.78, 5) is 7.16. The fourth-order valence-electron chi connectivity index (χ4n) is 4.06. The van der Waals surface area contributed by atoms with Crippen molar-refractivity contribution in [1.29, 1.82) is 0 Å². The summed E-state index contributed by atoms with van der Waals surface area (Å²) in [6.07, 6.45) is 9.18. The van der Waals surface area contributed by atoms with E-state index in [4.69, 9.17) is 4.74 Å². The van der Waals surface area contributed by atoms with Crippen LogP contribution in [-0.4, -0.2) is 74.3 Å². The third kappa shape index (κ3) is 6.04. The molecule has 2 saturated carbocycles. The van der Waals surface area contributed by atoms with Crippen LogP contribution in [0.4, 0.5) is 0 Å². The summed E-state index contributed by atoms with van der Waals surface area (Å²) in [5.74, 6) is 4.38. The number of ether oxygens (including phenoxy) is 1. The second-order valence-corrected chi connectivity index (χ2v) is 8.98. The van der Waals surface area contributed by atoms with Crippen LogP contribution in [0, 0.1) is 5.92 Å². The zero-order valence-corrected chi connectivity index (χ0v) is 16.7. The van der Waals surface area contributed by atoms with E-state index in [0.717, 1.165) is 44.6 Å². The van der Waals surface area contributed by atoms with Gasteiger partial charge >= 0.3 is 0 Å². The van der Waals surface area contributed by atoms with Crippen LogP contribution in [0.3, 0.4) is 0 Å². The van der Waals surface area contributed by atoms with Crippen LogP contribution in [0.25, 0.3) is 0 Å². The molecule has 0 atom stereocenters. The van der Waals surface area contributed by atoms with Crippen molar-refractivity contribution >= 4 is 17.7 Å². The van der Waals surface area contributed by atoms with Gasteiger partial charge in [0, 0.05) is 63.5 Å². The normalized spacial score (nSPS) is 24.4. The minimum Gasteiger partial charge on any atom is -0.381 e. The van der Waals surface area contributed by atoms with Crippen molar-refractivity contribution in [3.05, 3.63) is 0 Å². The molecule has 2 aliphatic carbocycles. The molecule has 0 aromatic heterocycles. The number of nitrogens with one attached hydrogen (secondary N) is 2. The molecule has 0 radical (unpaired) electrons. The third-order valence-electron chi connectivity index (χ3n) is 5.83. The molecule has 144 valence electrons. The molecule has 3 rings (SSSR count). The van der Waals surface area contributed by atoms with Crippen molar-refractivity contribution in [2.75, 3.05) is 57.9 Å². The molecule has 25 heavy (non-hydrogen) atoms. The van der Waals surface area contributed by atoms with E-state index in [1.54, 1.807) is 0 Å². The van der Waals surface area contributed by atoms with E-state index in [0.29, 0.717) is 5.54 Å². The Bertz CT molecular complexity index is 416. The van der Waals surface area contributed by atoms with Crippen molar-refractivity contribution in [1.82, 2.24) is 15.5 Å². The van der Waals surface area contributed by atoms with Crippen molar-refractivity contribution in [2.45, 2.75) is 50.5 Å². The predicted molar refractivity (Wildman–Crippen MR) is 108 cm³/mol. The van der Waals surface area contributed by atoms with Gasteiger partial charge in [-0.1, -0.05) is 12.8 Å². The van der Waals surface area contributed by atoms with Gasteiger partial charge in [-0.15, -0.1) is 0 Å². The highest BCUT2D eigenvalue weighted by atomic mass is 32.2. The van der Waals surface area contributed by atoms with Crippen LogP contribution >= 0.6 is 11.8 Å². The minimum absolute atomic E-state index is 0.353. The summed E-state index contributed by atoms with van der Waals surface area (Å²) in [7, 11) is 1.87. The van der Waals surface area contributed by atoms with Gasteiger partial charge in [-0.25, -0.2) is 0 Å². The molecular formula is C19H36N4OS. The highest BCUT2D eigenvalue weighted by Crippen LogP contribution is 2.36. The quantitative estimate of drug-likeness (QED) is 0.372. The Morgan fingerprint density at radius 2 is 1.96 bits per heavy atom. The van der Waals surface area contributed by atoms with Crippen LogP contribution in [0.15, 0.2) is 4.99 Å². The van der Waals surface area contributed by atoms with Crippen molar-refractivity contribution < 1.29 is 4.74 Å². The number of hydrogen-bond acceptors (Lipinski definition) is 4. The smallest absolute Gasteiger partial charge is 0.191 e. The van der Waals surface area contributed by atoms with Crippen LogP contribution in [0.5, 0.6) is 0 Å². The minimum atomic E-state index is 0.353. The van der Waals surface area contributed by atoms with E-state index in [1.807, 2.05) is 7.05 Å². The lowest BCUT2D eigenvalue weighted by molar-refractivity contribution is 0.107. The molecule has 0 spiro atoms. The summed E-state index contributed by atoms with van der Waals surface area (Å²) >= 11 is 2.10. The molecule has 5 nitrogen and oxygen atoms in total. The zero-order chi connectivity index (χ0) is 17.4. The van der Waals surface area contributed by atoms with Crippen molar-refractivity contribution in [3.63, 3.8) is 0 Å². The molecule has 2 N–H and O–H groups in total. The van der Waals surface area contributed by atoms with E-state index in [-0.39, 0.29) is 0 Å². The van der Waals surface area contributed by atoms with E-state index in [1.165, 1.54) is 63.1 Å². The van der Waals surface area contributed by atoms with Crippen LogP contribution < -0.4 is 10.6 Å². The van der Waals surface area contributed by atoms with Gasteiger partial charge in [0.2, 0.25) is 0 Å². The van der Waals surface area contributed by atoms with Gasteiger partial charge in [0.1, 0.15) is 0 Å². The van der Waals surface area contributed by atoms with Gasteiger partial charge in [0.15, 0.2) is 5.96 Å². The largest absolute Gasteiger partial charge is 0.381 e. The zero-order valence-electron chi connectivity index (χ0n) is 15.9. The molecule has 3 fully saturated rings. The summed E-state index contributed by atoms with van der Waals surface area (Å²) in [5, 5.41) is 7.07. The topological polar surface area (TPSA) is 48.9 Å². The first kappa shape index (κ1) is 19.3. The lowest BCUT2D eigenvalue weighted by Crippen LogP contribution is -2.57. The third-order valence-corrected chi connectivity index (χ3v) is 6.78. The van der Waals surface area contributed by atoms with E-state index in [9.17, 15) is 0 Å². The van der Waals surface area contributed by atoms with Gasteiger partial charge < -0.3 is 15.4 Å². The standard InChI is InChI=1S/C19H36N4OS/c1-20-18(21-9-4-12-24-15-17-5-6-17)22-16-19(7-2-3-8-19)23-10-13-25-14-11-23/h17H,2-16H2,1H3,(H2,20,21,22). The number of nitrogens with zero attached hydrogens (tertiary/aromatic N) is 2. The molecule has 0 aromatic rings. The van der Waals surface area contributed by atoms with Crippen LogP contribution in [-0.2, 0) is 4.74 Å². The summed E-state index contributed by atoms with van der Waals surface area (Å²) < 4.78 is 5.70. The van der Waals surface area contributed by atoms with E-state index >= 15 is 0 Å². The molecule has 0 aromatic carbocycles. The molecule has 3 aliphatic rings. The average Bonchev–Trinajstić information content (AvgIpc) is 3.36. The summed E-state index contributed by atoms with van der Waals surface area (Å²) in [6.45, 7) is 6.26. The highest BCUT2D eigenvalue weighted by Gasteiger charge is 2.39. The maximum Gasteiger partial charge on any atom is 0.191 e. The van der Waals surface area contributed by atoms with Gasteiger partial charge in [0.05, 0.1) is 0 Å². The van der Waals surface area contributed by atoms with Gasteiger partial charge in [-0.3, -0.25) is 9.89 Å². The number of aliphatic imine (C=N–C) groups is 1. The Hall–Kier alpha value is -0.460. The molecule has 0 amide bonds. The molecule has 6 heteroatoms. The predicted octanol–water partition coefficient (Wildman–Crippen LogP) is 2.33. The second-order valence-electron chi connectivity index (χ2n) is 7.76. The first-order chi connectivity index (χ1) is 12.3. The Morgan fingerprint density at radius 1 is 1.20 bits per heavy atom. The first-order valence-electron chi connectivity index (χ1n) is 10.2. The Balaban J connectivity index is 1.36. The molecule has 0 unspecified atom stereocenters. The monoisotopic (exact) mass is 368 g/mol. The molecular weight excluding hydrogens is 332 g/mol. The van der Waals surface area contributed by atoms with Crippen LogP contribution in [0.2, 0.25) is 0 Å². The number of hydrogen-bond donors (Lipinski definition) is 2. The van der Waals surface area contributed by atoms with E-state index in [2.05, 4.69) is 32.3 Å². The maximum atomic E-state index is 5.70. The SMILES string of the molecule is CN=C(NCCCOCC1CC1)NCC1(N2CCSCC2)CCCC1. The van der Waals surface area contributed by atoms with Gasteiger partial charge in [0.25, 0.3) is 0 Å². The maximum absolute atomic E-state index is 5.70. The average molecular weight is 369 g/mol. The fourth-order valence-corrected chi connectivity index (χ4v) is 4.96. The Kier molecular flexibility index (Phi) is 7.74. The van der Waals surface area contributed by atoms with Crippen LogP contribution in [0.1, 0.15) is 44.9 Å². The molecule has 1 aliphatic heterocycles. The second kappa shape index (κ2) is 10.0. The highest BCUT2D eigenvalue weighted by molar-refractivity contribution is 7.99. The fraction of sp³-hybridized carbons (Fsp3) is 0.947. The lowest BCUT2D eigenvalue weighted by Gasteiger charge is -2.43. The Morgan fingerprint density at radius 3 is 2.64 bits per heavy atom. The molecule has 1 heterocycles. The first-order valence-corrected chi connectivity index (χ1v) is 11.3. The van der Waals surface area contributed by atoms with Crippen molar-refractivity contribution in [2.24, 2.45) is 10.9 Å². The summed E-state index contributed by atoms with van der Waals surface area (Å²) in [5.41, 5.74) is 0.353.